The van der Waals surface area contributed by atoms with Crippen LogP contribution in [-0.2, 0) is 12.8 Å². The van der Waals surface area contributed by atoms with Gasteiger partial charge in [-0.1, -0.05) is 36.4 Å². The summed E-state index contributed by atoms with van der Waals surface area (Å²) in [6.07, 6.45) is 5.69. The van der Waals surface area contributed by atoms with Crippen molar-refractivity contribution in [3.05, 3.63) is 59.7 Å². The van der Waals surface area contributed by atoms with Crippen LogP contribution in [0.4, 0.5) is 11.4 Å². The molecule has 3 heteroatoms. The Hall–Kier alpha value is -1.51. The normalized spacial score (nSPS) is 14.7. The number of para-hydroxylation sites is 2. The van der Waals surface area contributed by atoms with Crippen molar-refractivity contribution >= 4 is 23.0 Å². The van der Waals surface area contributed by atoms with Gasteiger partial charge in [0.1, 0.15) is 0 Å². The molecule has 2 aromatic rings. The molecule has 0 aromatic heterocycles. The fourth-order valence-electron chi connectivity index (χ4n) is 3.86. The van der Waals surface area contributed by atoms with Gasteiger partial charge in [-0.3, -0.25) is 0 Å². The Morgan fingerprint density at radius 2 is 1.46 bits per heavy atom. The highest BCUT2D eigenvalue weighted by Gasteiger charge is 2.19. The van der Waals surface area contributed by atoms with Crippen LogP contribution in [0.3, 0.4) is 0 Å². The summed E-state index contributed by atoms with van der Waals surface area (Å²) in [6.45, 7) is 5.39. The maximum atomic E-state index is 6.05. The second kappa shape index (κ2) is 9.43. The maximum Gasteiger partial charge on any atom is 0.0443 e. The fraction of sp³-hybridized carbons (Fsp3) is 0.478. The summed E-state index contributed by atoms with van der Waals surface area (Å²) in [6, 6.07) is 17.8. The highest BCUT2D eigenvalue weighted by molar-refractivity contribution is 6.20. The first-order valence-electron chi connectivity index (χ1n) is 9.91. The van der Waals surface area contributed by atoms with Gasteiger partial charge in [-0.15, -0.1) is 11.6 Å². The molecule has 1 aliphatic heterocycles. The van der Waals surface area contributed by atoms with Gasteiger partial charge in [-0.25, -0.2) is 0 Å². The molecule has 26 heavy (non-hydrogen) atoms. The SMILES string of the molecule is CC(Cl)CCCN(C)CCCN1c2ccccc2CCc2ccccc21. The molecule has 0 radical (unpaired) electrons. The maximum absolute atomic E-state index is 6.05. The van der Waals surface area contributed by atoms with E-state index >= 15 is 0 Å². The number of hydrogen-bond donors (Lipinski definition) is 0. The monoisotopic (exact) mass is 370 g/mol. The van der Waals surface area contributed by atoms with E-state index in [1.54, 1.807) is 0 Å². The van der Waals surface area contributed by atoms with E-state index in [9.17, 15) is 0 Å². The molecule has 1 atom stereocenters. The van der Waals surface area contributed by atoms with Crippen LogP contribution in [-0.4, -0.2) is 37.0 Å². The molecular weight excluding hydrogens is 340 g/mol. The third-order valence-corrected chi connectivity index (χ3v) is 5.51. The van der Waals surface area contributed by atoms with Crippen molar-refractivity contribution in [2.24, 2.45) is 0 Å². The van der Waals surface area contributed by atoms with Gasteiger partial charge in [-0.2, -0.15) is 0 Å². The number of hydrogen-bond acceptors (Lipinski definition) is 2. The molecule has 0 saturated carbocycles. The lowest BCUT2D eigenvalue weighted by atomic mass is 10.0. The summed E-state index contributed by atoms with van der Waals surface area (Å²) in [4.78, 5) is 4.97. The van der Waals surface area contributed by atoms with Crippen LogP contribution in [0.1, 0.15) is 37.3 Å². The molecule has 1 unspecified atom stereocenters. The van der Waals surface area contributed by atoms with Gasteiger partial charge in [0.15, 0.2) is 0 Å². The topological polar surface area (TPSA) is 6.48 Å². The lowest BCUT2D eigenvalue weighted by Crippen LogP contribution is -2.26. The van der Waals surface area contributed by atoms with Crippen LogP contribution in [0.2, 0.25) is 0 Å². The van der Waals surface area contributed by atoms with Crippen LogP contribution in [0, 0.1) is 0 Å². The van der Waals surface area contributed by atoms with Gasteiger partial charge >= 0.3 is 0 Å². The number of halogens is 1. The van der Waals surface area contributed by atoms with Gasteiger partial charge in [0.25, 0.3) is 0 Å². The van der Waals surface area contributed by atoms with E-state index in [1.165, 1.54) is 28.9 Å². The zero-order valence-electron chi connectivity index (χ0n) is 16.1. The summed E-state index contributed by atoms with van der Waals surface area (Å²) in [5.41, 5.74) is 5.70. The molecule has 0 bridgehead atoms. The minimum absolute atomic E-state index is 0.286. The molecular formula is C23H31ClN2. The molecule has 0 saturated heterocycles. The lowest BCUT2D eigenvalue weighted by molar-refractivity contribution is 0.323. The second-order valence-electron chi connectivity index (χ2n) is 7.49. The first-order valence-corrected chi connectivity index (χ1v) is 10.3. The molecule has 0 spiro atoms. The van der Waals surface area contributed by atoms with Crippen molar-refractivity contribution in [2.75, 3.05) is 31.6 Å². The Bertz CT molecular complexity index is 651. The molecule has 3 rings (SSSR count). The quantitative estimate of drug-likeness (QED) is 0.554. The van der Waals surface area contributed by atoms with Gasteiger partial charge < -0.3 is 9.80 Å². The molecule has 2 nitrogen and oxygen atoms in total. The predicted molar refractivity (Wildman–Crippen MR) is 114 cm³/mol. The average molecular weight is 371 g/mol. The molecule has 140 valence electrons. The number of alkyl halides is 1. The lowest BCUT2D eigenvalue weighted by Gasteiger charge is -2.28. The van der Waals surface area contributed by atoms with Gasteiger partial charge in [0.2, 0.25) is 0 Å². The first kappa shape index (κ1) is 19.3. The number of fused-ring (bicyclic) bond motifs is 2. The van der Waals surface area contributed by atoms with E-state index in [2.05, 4.69) is 72.3 Å². The highest BCUT2D eigenvalue weighted by Crippen LogP contribution is 2.35. The van der Waals surface area contributed by atoms with Crippen LogP contribution in [0.25, 0.3) is 0 Å². The molecule has 0 amide bonds. The van der Waals surface area contributed by atoms with Crippen LogP contribution < -0.4 is 4.90 Å². The van der Waals surface area contributed by atoms with Crippen molar-refractivity contribution in [3.63, 3.8) is 0 Å². The Balaban J connectivity index is 1.65. The molecule has 0 aliphatic carbocycles. The third kappa shape index (κ3) is 5.02. The smallest absolute Gasteiger partial charge is 0.0443 e. The van der Waals surface area contributed by atoms with Gasteiger partial charge in [-0.05, 0) is 82.4 Å². The highest BCUT2D eigenvalue weighted by atomic mass is 35.5. The van der Waals surface area contributed by atoms with Crippen molar-refractivity contribution in [2.45, 2.75) is 44.4 Å². The number of rotatable bonds is 8. The standard InChI is InChI=1S/C23H31ClN2/c1-19(24)9-7-16-25(2)17-8-18-26-22-12-5-3-10-20(22)14-15-21-11-4-6-13-23(21)26/h3-6,10-13,19H,7-9,14-18H2,1-2H3. The Kier molecular flexibility index (Phi) is 6.99. The van der Waals surface area contributed by atoms with E-state index < -0.39 is 0 Å². The summed E-state index contributed by atoms with van der Waals surface area (Å²) in [7, 11) is 2.23. The molecule has 0 fully saturated rings. The Labute approximate surface area is 163 Å². The minimum Gasteiger partial charge on any atom is -0.341 e. The number of nitrogens with zero attached hydrogens (tertiary/aromatic N) is 2. The zero-order valence-corrected chi connectivity index (χ0v) is 16.9. The summed E-state index contributed by atoms with van der Waals surface area (Å²) >= 11 is 6.05. The molecule has 1 aliphatic rings. The third-order valence-electron chi connectivity index (χ3n) is 5.29. The number of anilines is 2. The van der Waals surface area contributed by atoms with E-state index in [0.29, 0.717) is 0 Å². The summed E-state index contributed by atoms with van der Waals surface area (Å²) in [5.74, 6) is 0. The zero-order chi connectivity index (χ0) is 18.4. The van der Waals surface area contributed by atoms with Crippen LogP contribution in [0.5, 0.6) is 0 Å². The van der Waals surface area contributed by atoms with E-state index in [4.69, 9.17) is 11.6 Å². The number of benzene rings is 2. The average Bonchev–Trinajstić information content (AvgIpc) is 2.79. The first-order chi connectivity index (χ1) is 12.6. The molecule has 2 aromatic carbocycles. The molecule has 0 N–H and O–H groups in total. The Morgan fingerprint density at radius 1 is 0.923 bits per heavy atom. The molecule has 1 heterocycles. The van der Waals surface area contributed by atoms with Crippen molar-refractivity contribution in [3.8, 4) is 0 Å². The predicted octanol–water partition coefficient (Wildman–Crippen LogP) is 5.65. The summed E-state index contributed by atoms with van der Waals surface area (Å²) in [5, 5.41) is 0.286. The second-order valence-corrected chi connectivity index (χ2v) is 8.23. The fourth-order valence-corrected chi connectivity index (χ4v) is 4.02. The van der Waals surface area contributed by atoms with Crippen LogP contribution in [0.15, 0.2) is 48.5 Å². The van der Waals surface area contributed by atoms with Gasteiger partial charge in [0.05, 0.1) is 0 Å². The van der Waals surface area contributed by atoms with E-state index in [1.807, 2.05) is 0 Å². The van der Waals surface area contributed by atoms with E-state index in [-0.39, 0.29) is 5.38 Å². The number of aryl methyl sites for hydroxylation is 2. The minimum atomic E-state index is 0.286. The Morgan fingerprint density at radius 3 is 2.04 bits per heavy atom. The van der Waals surface area contributed by atoms with E-state index in [0.717, 1.165) is 45.3 Å². The van der Waals surface area contributed by atoms with Crippen LogP contribution >= 0.6 is 11.6 Å². The summed E-state index contributed by atoms with van der Waals surface area (Å²) < 4.78 is 0. The largest absolute Gasteiger partial charge is 0.341 e. The van der Waals surface area contributed by atoms with Gasteiger partial charge in [0, 0.05) is 23.3 Å². The van der Waals surface area contributed by atoms with Crippen molar-refractivity contribution in [1.29, 1.82) is 0 Å². The van der Waals surface area contributed by atoms with Crippen molar-refractivity contribution in [1.82, 2.24) is 4.90 Å². The van der Waals surface area contributed by atoms with Crippen molar-refractivity contribution < 1.29 is 0 Å².